The van der Waals surface area contributed by atoms with Gasteiger partial charge in [-0.1, -0.05) is 43.7 Å². The summed E-state index contributed by atoms with van der Waals surface area (Å²) in [6, 6.07) is 16.9. The van der Waals surface area contributed by atoms with Crippen LogP contribution in [0.2, 0.25) is 0 Å². The van der Waals surface area contributed by atoms with Crippen LogP contribution in [0.15, 0.2) is 66.7 Å². The number of carbonyl (C=O) groups is 2. The van der Waals surface area contributed by atoms with Crippen molar-refractivity contribution in [2.75, 3.05) is 53.4 Å². The molecule has 2 rings (SSSR count). The minimum atomic E-state index is -0.510. The number of ether oxygens (including phenoxy) is 7. The Morgan fingerprint density at radius 2 is 1.40 bits per heavy atom. The second-order valence-corrected chi connectivity index (χ2v) is 9.74. The van der Waals surface area contributed by atoms with Crippen molar-refractivity contribution >= 4 is 11.9 Å². The molecule has 0 saturated carbocycles. The van der Waals surface area contributed by atoms with Crippen LogP contribution in [0.3, 0.4) is 0 Å². The van der Waals surface area contributed by atoms with Crippen molar-refractivity contribution < 1.29 is 42.7 Å². The highest BCUT2D eigenvalue weighted by Crippen LogP contribution is 2.18. The van der Waals surface area contributed by atoms with Gasteiger partial charge < -0.3 is 33.2 Å². The van der Waals surface area contributed by atoms with Crippen LogP contribution in [0.1, 0.15) is 51.9 Å². The van der Waals surface area contributed by atoms with Gasteiger partial charge in [-0.3, -0.25) is 4.79 Å². The van der Waals surface area contributed by atoms with Gasteiger partial charge in [0.1, 0.15) is 30.5 Å². The highest BCUT2D eigenvalue weighted by atomic mass is 16.6. The second-order valence-electron chi connectivity index (χ2n) is 9.74. The summed E-state index contributed by atoms with van der Waals surface area (Å²) in [6.07, 6.45) is 4.62. The summed E-state index contributed by atoms with van der Waals surface area (Å²) in [5.74, 6) is 1.56. The summed E-state index contributed by atoms with van der Waals surface area (Å²) in [5.41, 5.74) is 0.393. The normalized spacial score (nSPS) is 11.4. The molecule has 9 nitrogen and oxygen atoms in total. The molecule has 2 aromatic carbocycles. The Morgan fingerprint density at radius 3 is 2.17 bits per heavy atom. The van der Waals surface area contributed by atoms with Gasteiger partial charge in [-0.05, 0) is 56.9 Å². The molecule has 0 aromatic heterocycles. The lowest BCUT2D eigenvalue weighted by atomic mass is 10.1. The Hall–Kier alpha value is -3.56. The number of hydrogen-bond donors (Lipinski definition) is 0. The molecule has 1 unspecified atom stereocenters. The third-order valence-corrected chi connectivity index (χ3v) is 6.00. The quantitative estimate of drug-likeness (QED) is 0.0840. The predicted octanol–water partition coefficient (Wildman–Crippen LogP) is 5.95. The van der Waals surface area contributed by atoms with Crippen LogP contribution in [0, 0.1) is 0 Å². The number of unbranched alkanes of at least 4 members (excludes halogenated alkanes) is 4. The summed E-state index contributed by atoms with van der Waals surface area (Å²) >= 11 is 0. The predicted molar refractivity (Wildman–Crippen MR) is 160 cm³/mol. The molecule has 0 saturated heterocycles. The lowest BCUT2D eigenvalue weighted by Crippen LogP contribution is -2.30. The highest BCUT2D eigenvalue weighted by molar-refractivity contribution is 5.86. The zero-order valence-electron chi connectivity index (χ0n) is 25.1. The van der Waals surface area contributed by atoms with Crippen LogP contribution in [-0.4, -0.2) is 71.4 Å². The first kappa shape index (κ1) is 34.6. The molecule has 232 valence electrons. The van der Waals surface area contributed by atoms with E-state index in [9.17, 15) is 9.59 Å². The Bertz CT molecular complexity index is 1030. The van der Waals surface area contributed by atoms with Gasteiger partial charge in [0.05, 0.1) is 26.9 Å². The van der Waals surface area contributed by atoms with E-state index >= 15 is 0 Å². The molecule has 2 aromatic rings. The molecule has 0 bridgehead atoms. The topological polar surface area (TPSA) is 98.8 Å². The van der Waals surface area contributed by atoms with Crippen LogP contribution in [0.25, 0.3) is 0 Å². The van der Waals surface area contributed by atoms with Crippen molar-refractivity contribution in [2.24, 2.45) is 0 Å². The van der Waals surface area contributed by atoms with Gasteiger partial charge in [-0.25, -0.2) is 4.79 Å². The van der Waals surface area contributed by atoms with Gasteiger partial charge >= 0.3 is 11.9 Å². The van der Waals surface area contributed by atoms with E-state index in [-0.39, 0.29) is 25.2 Å². The van der Waals surface area contributed by atoms with E-state index in [1.54, 1.807) is 14.0 Å². The first-order valence-corrected chi connectivity index (χ1v) is 14.6. The number of methoxy groups -OCH3 is 1. The Balaban J connectivity index is 1.57. The fourth-order valence-corrected chi connectivity index (χ4v) is 3.71. The molecule has 0 heterocycles. The van der Waals surface area contributed by atoms with Crippen molar-refractivity contribution in [1.82, 2.24) is 0 Å². The van der Waals surface area contributed by atoms with Crippen molar-refractivity contribution in [3.63, 3.8) is 0 Å². The number of rotatable bonds is 24. The average molecular weight is 587 g/mol. The molecular formula is C33H46O9. The van der Waals surface area contributed by atoms with Crippen LogP contribution in [0.4, 0.5) is 0 Å². The lowest BCUT2D eigenvalue weighted by Gasteiger charge is -2.19. The minimum absolute atomic E-state index is 0.209. The van der Waals surface area contributed by atoms with Gasteiger partial charge in [0.15, 0.2) is 6.10 Å². The summed E-state index contributed by atoms with van der Waals surface area (Å²) in [4.78, 5) is 23.8. The smallest absolute Gasteiger partial charge is 0.333 e. The van der Waals surface area contributed by atoms with E-state index in [0.717, 1.165) is 43.6 Å². The zero-order valence-corrected chi connectivity index (χ0v) is 25.1. The summed E-state index contributed by atoms with van der Waals surface area (Å²) in [7, 11) is 1.62. The summed E-state index contributed by atoms with van der Waals surface area (Å²) in [5, 5.41) is 0. The van der Waals surface area contributed by atoms with E-state index < -0.39 is 6.10 Å². The van der Waals surface area contributed by atoms with E-state index in [1.165, 1.54) is 0 Å². The third kappa shape index (κ3) is 16.6. The molecule has 0 aliphatic heterocycles. The van der Waals surface area contributed by atoms with Gasteiger partial charge in [0.25, 0.3) is 0 Å². The van der Waals surface area contributed by atoms with Crippen molar-refractivity contribution in [1.29, 1.82) is 0 Å². The van der Waals surface area contributed by atoms with E-state index in [0.29, 0.717) is 57.2 Å². The molecule has 0 aliphatic carbocycles. The maximum Gasteiger partial charge on any atom is 0.333 e. The molecule has 0 fully saturated rings. The molecule has 0 spiro atoms. The van der Waals surface area contributed by atoms with Gasteiger partial charge in [0, 0.05) is 31.3 Å². The standard InChI is InChI=1S/C33H46O9/c1-27(2)33(35)40-21-10-5-4-9-18-32(34)42-31(26-41-28-14-7-6-8-15-28)25-38-20-12-11-19-37-22-23-39-30-17-13-16-29(24-30)36-3/h6-8,13-17,24,31H,1,4-5,9-12,18-23,25-26H2,2-3H3. The Morgan fingerprint density at radius 1 is 0.714 bits per heavy atom. The molecule has 9 heteroatoms. The number of para-hydroxylation sites is 1. The number of hydrogen-bond acceptors (Lipinski definition) is 9. The molecular weight excluding hydrogens is 540 g/mol. The number of benzene rings is 2. The zero-order chi connectivity index (χ0) is 30.3. The third-order valence-electron chi connectivity index (χ3n) is 6.00. The maximum absolute atomic E-state index is 12.5. The molecule has 0 amide bonds. The van der Waals surface area contributed by atoms with Crippen LogP contribution < -0.4 is 14.2 Å². The number of carbonyl (C=O) groups excluding carboxylic acids is 2. The molecule has 1 atom stereocenters. The average Bonchev–Trinajstić information content (AvgIpc) is 3.00. The highest BCUT2D eigenvalue weighted by Gasteiger charge is 2.16. The fraction of sp³-hybridized carbons (Fsp3) is 0.515. The Labute approximate surface area is 250 Å². The van der Waals surface area contributed by atoms with Gasteiger partial charge in [-0.2, -0.15) is 0 Å². The lowest BCUT2D eigenvalue weighted by molar-refractivity contribution is -0.154. The first-order chi connectivity index (χ1) is 20.5. The van der Waals surface area contributed by atoms with Crippen molar-refractivity contribution in [3.05, 3.63) is 66.7 Å². The molecule has 0 N–H and O–H groups in total. The van der Waals surface area contributed by atoms with Gasteiger partial charge in [-0.15, -0.1) is 0 Å². The van der Waals surface area contributed by atoms with E-state index in [1.807, 2.05) is 54.6 Å². The van der Waals surface area contributed by atoms with E-state index in [4.69, 9.17) is 33.2 Å². The maximum atomic E-state index is 12.5. The van der Waals surface area contributed by atoms with Crippen molar-refractivity contribution in [3.8, 4) is 17.2 Å². The van der Waals surface area contributed by atoms with Gasteiger partial charge in [0.2, 0.25) is 0 Å². The monoisotopic (exact) mass is 586 g/mol. The van der Waals surface area contributed by atoms with Crippen LogP contribution in [0.5, 0.6) is 17.2 Å². The minimum Gasteiger partial charge on any atom is -0.497 e. The van der Waals surface area contributed by atoms with Crippen LogP contribution in [-0.2, 0) is 28.5 Å². The molecule has 0 radical (unpaired) electrons. The molecule has 0 aliphatic rings. The first-order valence-electron chi connectivity index (χ1n) is 14.6. The number of esters is 2. The fourth-order valence-electron chi connectivity index (χ4n) is 3.71. The van der Waals surface area contributed by atoms with Crippen LogP contribution >= 0.6 is 0 Å². The Kier molecular flexibility index (Phi) is 18.2. The summed E-state index contributed by atoms with van der Waals surface area (Å²) < 4.78 is 38.9. The SMILES string of the molecule is C=C(C)C(=O)OCCCCCCC(=O)OC(COCCCCOCCOc1cccc(OC)c1)COc1ccccc1. The van der Waals surface area contributed by atoms with Crippen molar-refractivity contribution in [2.45, 2.75) is 58.0 Å². The molecule has 42 heavy (non-hydrogen) atoms. The van der Waals surface area contributed by atoms with E-state index in [2.05, 4.69) is 6.58 Å². The summed E-state index contributed by atoms with van der Waals surface area (Å²) in [6.45, 7) is 8.09. The largest absolute Gasteiger partial charge is 0.497 e. The second kappa shape index (κ2) is 22.1.